The molecule has 0 amide bonds. The summed E-state index contributed by atoms with van der Waals surface area (Å²) in [4.78, 5) is 4.58. The van der Waals surface area contributed by atoms with E-state index in [1.54, 1.807) is 4.68 Å². The molecule has 1 aliphatic heterocycles. The first-order valence-electron chi connectivity index (χ1n) is 6.36. The molecule has 7 nitrogen and oxygen atoms in total. The molecular weight excluding hydrogens is 260 g/mol. The third-order valence-corrected chi connectivity index (χ3v) is 3.37. The van der Waals surface area contributed by atoms with E-state index in [1.807, 2.05) is 30.5 Å². The molecule has 7 heteroatoms. The van der Waals surface area contributed by atoms with Crippen molar-refractivity contribution >= 4 is 0 Å². The topological polar surface area (TPSA) is 95.4 Å². The van der Waals surface area contributed by atoms with Crippen molar-refractivity contribution in [3.05, 3.63) is 36.0 Å². The van der Waals surface area contributed by atoms with Crippen molar-refractivity contribution in [2.24, 2.45) is 5.90 Å². The van der Waals surface area contributed by atoms with E-state index in [2.05, 4.69) is 15.1 Å². The molecule has 0 unspecified atom stereocenters. The smallest absolute Gasteiger partial charge is 0.113 e. The van der Waals surface area contributed by atoms with Crippen LogP contribution in [0.3, 0.4) is 0 Å². The first-order chi connectivity index (χ1) is 9.78. The number of nitrogens with two attached hydrogens (primary N) is 1. The quantitative estimate of drug-likeness (QED) is 0.778. The minimum Gasteiger partial charge on any atom is -0.388 e. The summed E-state index contributed by atoms with van der Waals surface area (Å²) in [5, 5.41) is 18.0. The van der Waals surface area contributed by atoms with Crippen LogP contribution < -0.4 is 5.90 Å². The van der Waals surface area contributed by atoms with Gasteiger partial charge in [-0.1, -0.05) is 29.5 Å². The number of aromatic nitrogens is 3. The summed E-state index contributed by atoms with van der Waals surface area (Å²) in [7, 11) is 0. The monoisotopic (exact) mass is 276 g/mol. The molecule has 2 atom stereocenters. The van der Waals surface area contributed by atoms with Crippen LogP contribution in [0.15, 0.2) is 30.5 Å². The Balaban J connectivity index is 1.79. The van der Waals surface area contributed by atoms with Crippen molar-refractivity contribution in [3.63, 3.8) is 0 Å². The molecular formula is C13H16N4O3. The Morgan fingerprint density at radius 2 is 2.15 bits per heavy atom. The summed E-state index contributed by atoms with van der Waals surface area (Å²) < 4.78 is 6.87. The van der Waals surface area contributed by atoms with Gasteiger partial charge in [0.25, 0.3) is 0 Å². The Bertz CT molecular complexity index is 569. The summed E-state index contributed by atoms with van der Waals surface area (Å²) >= 11 is 0. The molecule has 1 saturated heterocycles. The lowest BCUT2D eigenvalue weighted by Crippen LogP contribution is -2.22. The first kappa shape index (κ1) is 13.2. The maximum absolute atomic E-state index is 9.78. The van der Waals surface area contributed by atoms with Gasteiger partial charge < -0.3 is 9.84 Å². The second kappa shape index (κ2) is 5.68. The van der Waals surface area contributed by atoms with E-state index >= 15 is 0 Å². The zero-order valence-electron chi connectivity index (χ0n) is 10.8. The van der Waals surface area contributed by atoms with Crippen LogP contribution in [0, 0.1) is 0 Å². The predicted octanol–water partition coefficient (Wildman–Crippen LogP) is 0.268. The second-order valence-electron chi connectivity index (χ2n) is 4.76. The first-order valence-corrected chi connectivity index (χ1v) is 6.36. The van der Waals surface area contributed by atoms with Crippen LogP contribution in [-0.2, 0) is 16.2 Å². The third-order valence-electron chi connectivity index (χ3n) is 3.37. The van der Waals surface area contributed by atoms with Gasteiger partial charge in [-0.15, -0.1) is 5.10 Å². The average molecular weight is 276 g/mol. The van der Waals surface area contributed by atoms with Gasteiger partial charge in [0.2, 0.25) is 0 Å². The summed E-state index contributed by atoms with van der Waals surface area (Å²) in [6.07, 6.45) is 1.28. The highest BCUT2D eigenvalue weighted by Crippen LogP contribution is 2.22. The maximum atomic E-state index is 9.78. The molecule has 3 N–H and O–H groups in total. The third kappa shape index (κ3) is 2.56. The Labute approximate surface area is 115 Å². The van der Waals surface area contributed by atoms with Gasteiger partial charge in [-0.05, 0) is 5.56 Å². The van der Waals surface area contributed by atoms with Crippen molar-refractivity contribution in [1.82, 2.24) is 15.0 Å². The average Bonchev–Trinajstić information content (AvgIpc) is 3.08. The standard InChI is InChI=1S/C13H16N4O3/c14-20-6-9-1-3-10(4-2-9)11-5-17(16-15-11)12-7-19-8-13(12)18/h1-5,12-13,18H,6-8,14H2/t12-,13-/m1/s1. The highest BCUT2D eigenvalue weighted by molar-refractivity contribution is 5.57. The lowest BCUT2D eigenvalue weighted by Gasteiger charge is -2.10. The van der Waals surface area contributed by atoms with Gasteiger partial charge in [-0.25, -0.2) is 10.6 Å². The lowest BCUT2D eigenvalue weighted by molar-refractivity contribution is 0.117. The van der Waals surface area contributed by atoms with Crippen molar-refractivity contribution in [2.45, 2.75) is 18.8 Å². The molecule has 1 aromatic carbocycles. The highest BCUT2D eigenvalue weighted by Gasteiger charge is 2.28. The van der Waals surface area contributed by atoms with Crippen LogP contribution >= 0.6 is 0 Å². The molecule has 2 heterocycles. The zero-order valence-corrected chi connectivity index (χ0v) is 10.8. The van der Waals surface area contributed by atoms with Crippen LogP contribution in [0.5, 0.6) is 0 Å². The minimum atomic E-state index is -0.534. The largest absolute Gasteiger partial charge is 0.388 e. The maximum Gasteiger partial charge on any atom is 0.113 e. The van der Waals surface area contributed by atoms with Crippen molar-refractivity contribution in [1.29, 1.82) is 0 Å². The molecule has 1 fully saturated rings. The number of rotatable bonds is 4. The Hall–Kier alpha value is -1.80. The SMILES string of the molecule is NOCc1ccc(-c2cn([C@@H]3COC[C@H]3O)nn2)cc1. The Kier molecular flexibility index (Phi) is 3.75. The highest BCUT2D eigenvalue weighted by atomic mass is 16.6. The number of hydrogen-bond donors (Lipinski definition) is 2. The molecule has 1 aromatic heterocycles. The van der Waals surface area contributed by atoms with E-state index in [0.717, 1.165) is 16.8 Å². The van der Waals surface area contributed by atoms with Gasteiger partial charge in [0.1, 0.15) is 17.8 Å². The van der Waals surface area contributed by atoms with E-state index in [-0.39, 0.29) is 6.04 Å². The number of aliphatic hydroxyl groups is 1. The molecule has 0 saturated carbocycles. The van der Waals surface area contributed by atoms with Gasteiger partial charge in [0, 0.05) is 5.56 Å². The van der Waals surface area contributed by atoms with Gasteiger partial charge in [-0.3, -0.25) is 4.84 Å². The summed E-state index contributed by atoms with van der Waals surface area (Å²) in [5.74, 6) is 5.03. The Morgan fingerprint density at radius 1 is 1.35 bits per heavy atom. The molecule has 0 bridgehead atoms. The van der Waals surface area contributed by atoms with Gasteiger partial charge in [0.05, 0.1) is 26.0 Å². The van der Waals surface area contributed by atoms with Gasteiger partial charge >= 0.3 is 0 Å². The number of aliphatic hydroxyl groups excluding tert-OH is 1. The van der Waals surface area contributed by atoms with E-state index in [9.17, 15) is 5.11 Å². The van der Waals surface area contributed by atoms with Crippen LogP contribution in [0.2, 0.25) is 0 Å². The van der Waals surface area contributed by atoms with Crippen molar-refractivity contribution in [3.8, 4) is 11.3 Å². The molecule has 1 aliphatic rings. The lowest BCUT2D eigenvalue weighted by atomic mass is 10.1. The summed E-state index contributed by atoms with van der Waals surface area (Å²) in [6.45, 7) is 1.17. The number of ether oxygens (including phenoxy) is 1. The normalized spacial score (nSPS) is 22.3. The molecule has 3 rings (SSSR count). The van der Waals surface area contributed by atoms with E-state index < -0.39 is 6.10 Å². The summed E-state index contributed by atoms with van der Waals surface area (Å²) in [5.41, 5.74) is 2.69. The molecule has 2 aromatic rings. The van der Waals surface area contributed by atoms with Gasteiger partial charge in [0.15, 0.2) is 0 Å². The van der Waals surface area contributed by atoms with Gasteiger partial charge in [-0.2, -0.15) is 0 Å². The van der Waals surface area contributed by atoms with E-state index in [4.69, 9.17) is 10.6 Å². The minimum absolute atomic E-state index is 0.166. The molecule has 20 heavy (non-hydrogen) atoms. The van der Waals surface area contributed by atoms with Crippen LogP contribution in [0.4, 0.5) is 0 Å². The van der Waals surface area contributed by atoms with Crippen LogP contribution in [-0.4, -0.2) is 39.4 Å². The molecule has 0 radical (unpaired) electrons. The number of benzene rings is 1. The fourth-order valence-corrected chi connectivity index (χ4v) is 2.22. The number of hydrogen-bond acceptors (Lipinski definition) is 6. The van der Waals surface area contributed by atoms with Crippen molar-refractivity contribution < 1.29 is 14.7 Å². The van der Waals surface area contributed by atoms with E-state index in [0.29, 0.717) is 19.8 Å². The van der Waals surface area contributed by atoms with Crippen LogP contribution in [0.1, 0.15) is 11.6 Å². The molecule has 0 spiro atoms. The second-order valence-corrected chi connectivity index (χ2v) is 4.76. The molecule has 106 valence electrons. The number of nitrogens with zero attached hydrogens (tertiary/aromatic N) is 3. The van der Waals surface area contributed by atoms with Crippen molar-refractivity contribution in [2.75, 3.05) is 13.2 Å². The van der Waals surface area contributed by atoms with Crippen LogP contribution in [0.25, 0.3) is 11.3 Å². The fourth-order valence-electron chi connectivity index (χ4n) is 2.22. The Morgan fingerprint density at radius 3 is 2.80 bits per heavy atom. The molecule has 0 aliphatic carbocycles. The predicted molar refractivity (Wildman–Crippen MR) is 70.3 cm³/mol. The zero-order chi connectivity index (χ0) is 13.9. The fraction of sp³-hybridized carbons (Fsp3) is 0.385. The van der Waals surface area contributed by atoms with E-state index in [1.165, 1.54) is 0 Å². The summed E-state index contributed by atoms with van der Waals surface area (Å²) in [6, 6.07) is 7.55.